The van der Waals surface area contributed by atoms with Gasteiger partial charge in [0.05, 0.1) is 16.3 Å². The second-order valence-corrected chi connectivity index (χ2v) is 6.31. The molecule has 0 amide bonds. The van der Waals surface area contributed by atoms with Crippen molar-refractivity contribution in [3.05, 3.63) is 59.9 Å². The van der Waals surface area contributed by atoms with Crippen LogP contribution in [0.5, 0.6) is 0 Å². The van der Waals surface area contributed by atoms with Crippen molar-refractivity contribution in [2.45, 2.75) is 11.3 Å². The zero-order chi connectivity index (χ0) is 13.9. The lowest BCUT2D eigenvalue weighted by molar-refractivity contribution is 0.591. The quantitative estimate of drug-likeness (QED) is 0.874. The monoisotopic (exact) mass is 279 g/mol. The maximum atomic E-state index is 13.1. The Morgan fingerprint density at radius 2 is 1.74 bits per heavy atom. The number of nitrogen functional groups attached to an aromatic ring is 1. The predicted molar refractivity (Wildman–Crippen MR) is 73.0 cm³/mol. The fraction of sp³-hybridized carbons (Fsp3) is 0.143. The summed E-state index contributed by atoms with van der Waals surface area (Å²) in [5.41, 5.74) is 6.59. The molecule has 0 atom stereocenters. The van der Waals surface area contributed by atoms with E-state index in [1.54, 1.807) is 0 Å². The Bertz CT molecular complexity index is 669. The number of hydrogen-bond acceptors (Lipinski definition) is 3. The lowest BCUT2D eigenvalue weighted by Gasteiger charge is -2.07. The van der Waals surface area contributed by atoms with Gasteiger partial charge in [-0.05, 0) is 30.2 Å². The van der Waals surface area contributed by atoms with Gasteiger partial charge in [0.2, 0.25) is 0 Å². The third kappa shape index (κ3) is 3.32. The molecule has 100 valence electrons. The second-order valence-electron chi connectivity index (χ2n) is 4.24. The van der Waals surface area contributed by atoms with Crippen molar-refractivity contribution in [2.75, 3.05) is 11.5 Å². The Morgan fingerprint density at radius 1 is 1.05 bits per heavy atom. The van der Waals surface area contributed by atoms with Gasteiger partial charge >= 0.3 is 0 Å². The first-order chi connectivity index (χ1) is 8.99. The van der Waals surface area contributed by atoms with Crippen LogP contribution in [0.2, 0.25) is 0 Å². The molecule has 0 aromatic heterocycles. The van der Waals surface area contributed by atoms with Gasteiger partial charge in [-0.2, -0.15) is 0 Å². The third-order valence-corrected chi connectivity index (χ3v) is 4.58. The van der Waals surface area contributed by atoms with Gasteiger partial charge < -0.3 is 5.73 Å². The summed E-state index contributed by atoms with van der Waals surface area (Å²) >= 11 is 0. The maximum absolute atomic E-state index is 13.1. The van der Waals surface area contributed by atoms with Gasteiger partial charge in [0, 0.05) is 0 Å². The number of nitrogens with two attached hydrogens (primary N) is 1. The van der Waals surface area contributed by atoms with E-state index < -0.39 is 15.7 Å². The van der Waals surface area contributed by atoms with Crippen LogP contribution >= 0.6 is 0 Å². The summed E-state index contributed by atoms with van der Waals surface area (Å²) in [6.45, 7) is 0. The van der Waals surface area contributed by atoms with Crippen LogP contribution in [-0.2, 0) is 16.3 Å². The van der Waals surface area contributed by atoms with E-state index in [1.807, 2.05) is 30.3 Å². The van der Waals surface area contributed by atoms with E-state index in [4.69, 9.17) is 5.73 Å². The molecule has 0 aliphatic heterocycles. The molecule has 0 bridgehead atoms. The van der Waals surface area contributed by atoms with E-state index in [9.17, 15) is 12.8 Å². The van der Waals surface area contributed by atoms with Gasteiger partial charge in [0.25, 0.3) is 0 Å². The zero-order valence-corrected chi connectivity index (χ0v) is 11.0. The highest BCUT2D eigenvalue weighted by atomic mass is 32.2. The number of sulfone groups is 1. The van der Waals surface area contributed by atoms with Gasteiger partial charge in [0.15, 0.2) is 9.84 Å². The molecule has 2 aromatic rings. The highest BCUT2D eigenvalue weighted by Crippen LogP contribution is 2.21. The molecule has 0 heterocycles. The predicted octanol–water partition coefficient (Wildman–Crippen LogP) is 2.42. The summed E-state index contributed by atoms with van der Waals surface area (Å²) in [5.74, 6) is -0.697. The van der Waals surface area contributed by atoms with Gasteiger partial charge in [-0.25, -0.2) is 12.8 Å². The molecule has 2 rings (SSSR count). The number of aryl methyl sites for hydroxylation is 1. The van der Waals surface area contributed by atoms with Gasteiger partial charge in [-0.1, -0.05) is 30.3 Å². The molecule has 3 nitrogen and oxygen atoms in total. The third-order valence-electron chi connectivity index (χ3n) is 2.81. The highest BCUT2D eigenvalue weighted by molar-refractivity contribution is 7.91. The fourth-order valence-corrected chi connectivity index (χ4v) is 3.23. The fourth-order valence-electron chi connectivity index (χ4n) is 1.78. The Kier molecular flexibility index (Phi) is 3.85. The SMILES string of the molecule is Nc1ccc(F)cc1S(=O)(=O)CCc1ccccc1. The van der Waals surface area contributed by atoms with Crippen LogP contribution in [-0.4, -0.2) is 14.2 Å². The maximum Gasteiger partial charge on any atom is 0.180 e. The normalized spacial score (nSPS) is 11.4. The summed E-state index contributed by atoms with van der Waals surface area (Å²) < 4.78 is 37.4. The average Bonchev–Trinajstić information content (AvgIpc) is 2.40. The summed E-state index contributed by atoms with van der Waals surface area (Å²) in [4.78, 5) is -0.136. The Labute approximate surface area is 111 Å². The van der Waals surface area contributed by atoms with Crippen molar-refractivity contribution < 1.29 is 12.8 Å². The molecule has 0 fully saturated rings. The molecular formula is C14H14FNO2S. The van der Waals surface area contributed by atoms with E-state index in [-0.39, 0.29) is 16.3 Å². The van der Waals surface area contributed by atoms with Crippen LogP contribution < -0.4 is 5.73 Å². The van der Waals surface area contributed by atoms with Crippen LogP contribution in [0.4, 0.5) is 10.1 Å². The zero-order valence-electron chi connectivity index (χ0n) is 10.2. The van der Waals surface area contributed by atoms with E-state index in [0.29, 0.717) is 6.42 Å². The van der Waals surface area contributed by atoms with Crippen LogP contribution in [0.25, 0.3) is 0 Å². The molecule has 19 heavy (non-hydrogen) atoms. The van der Waals surface area contributed by atoms with E-state index in [2.05, 4.69) is 0 Å². The van der Waals surface area contributed by atoms with Gasteiger partial charge in [-0.3, -0.25) is 0 Å². The Hall–Kier alpha value is -1.88. The number of anilines is 1. The molecule has 0 saturated carbocycles. The first-order valence-corrected chi connectivity index (χ1v) is 7.46. The summed E-state index contributed by atoms with van der Waals surface area (Å²) in [6.07, 6.45) is 0.374. The molecule has 0 unspecified atom stereocenters. The number of hydrogen-bond donors (Lipinski definition) is 1. The van der Waals surface area contributed by atoms with Gasteiger partial charge in [-0.15, -0.1) is 0 Å². The molecule has 2 N–H and O–H groups in total. The largest absolute Gasteiger partial charge is 0.398 e. The van der Waals surface area contributed by atoms with Crippen molar-refractivity contribution in [1.29, 1.82) is 0 Å². The van der Waals surface area contributed by atoms with Crippen LogP contribution in [0.3, 0.4) is 0 Å². The number of benzene rings is 2. The van der Waals surface area contributed by atoms with E-state index in [0.717, 1.165) is 17.7 Å². The number of rotatable bonds is 4. The smallest absolute Gasteiger partial charge is 0.180 e. The summed E-state index contributed by atoms with van der Waals surface area (Å²) in [7, 11) is -3.58. The minimum absolute atomic E-state index is 0.0782. The molecule has 0 aliphatic rings. The van der Waals surface area contributed by atoms with Crippen molar-refractivity contribution in [2.24, 2.45) is 0 Å². The summed E-state index contributed by atoms with van der Waals surface area (Å²) in [6, 6.07) is 12.6. The topological polar surface area (TPSA) is 60.2 Å². The standard InChI is InChI=1S/C14H14FNO2S/c15-12-6-7-13(16)14(10-12)19(17,18)9-8-11-4-2-1-3-5-11/h1-7,10H,8-9,16H2. The Balaban J connectivity index is 2.21. The molecule has 0 saturated heterocycles. The minimum atomic E-state index is -3.58. The molecule has 0 aliphatic carbocycles. The van der Waals surface area contributed by atoms with Crippen LogP contribution in [0, 0.1) is 5.82 Å². The first kappa shape index (κ1) is 13.5. The number of halogens is 1. The molecular weight excluding hydrogens is 265 g/mol. The minimum Gasteiger partial charge on any atom is -0.398 e. The first-order valence-electron chi connectivity index (χ1n) is 5.81. The van der Waals surface area contributed by atoms with E-state index in [1.165, 1.54) is 6.07 Å². The highest BCUT2D eigenvalue weighted by Gasteiger charge is 2.18. The lowest BCUT2D eigenvalue weighted by atomic mass is 10.2. The Morgan fingerprint density at radius 3 is 2.42 bits per heavy atom. The van der Waals surface area contributed by atoms with Crippen molar-refractivity contribution in [3.63, 3.8) is 0 Å². The average molecular weight is 279 g/mol. The lowest BCUT2D eigenvalue weighted by Crippen LogP contribution is -2.11. The van der Waals surface area contributed by atoms with E-state index >= 15 is 0 Å². The van der Waals surface area contributed by atoms with Crippen molar-refractivity contribution in [3.8, 4) is 0 Å². The summed E-state index contributed by atoms with van der Waals surface area (Å²) in [5, 5.41) is 0. The van der Waals surface area contributed by atoms with Crippen LogP contribution in [0.1, 0.15) is 5.56 Å². The second kappa shape index (κ2) is 5.40. The van der Waals surface area contributed by atoms with Crippen molar-refractivity contribution in [1.82, 2.24) is 0 Å². The molecule has 5 heteroatoms. The van der Waals surface area contributed by atoms with Gasteiger partial charge in [0.1, 0.15) is 5.82 Å². The molecule has 2 aromatic carbocycles. The molecule has 0 spiro atoms. The van der Waals surface area contributed by atoms with Crippen molar-refractivity contribution >= 4 is 15.5 Å². The van der Waals surface area contributed by atoms with Crippen LogP contribution in [0.15, 0.2) is 53.4 Å². The molecule has 0 radical (unpaired) electrons.